The van der Waals surface area contributed by atoms with Crippen molar-refractivity contribution in [3.05, 3.63) is 0 Å². The fourth-order valence-corrected chi connectivity index (χ4v) is 0.479. The first-order valence-electron chi connectivity index (χ1n) is 3.61. The summed E-state index contributed by atoms with van der Waals surface area (Å²) in [5.74, 6) is 0.513. The molecule has 4 heteroatoms. The smallest absolute Gasteiger partial charge is 0.434 e. The Labute approximate surface area is 66.7 Å². The van der Waals surface area contributed by atoms with Crippen molar-refractivity contribution in [3.8, 4) is 0 Å². The van der Waals surface area contributed by atoms with Gasteiger partial charge >= 0.3 is 6.16 Å². The summed E-state index contributed by atoms with van der Waals surface area (Å²) in [6.45, 7) is 4.08. The van der Waals surface area contributed by atoms with Gasteiger partial charge in [-0.2, -0.15) is 0 Å². The Hall–Kier alpha value is -0.770. The standard InChI is InChI=1S/C7H14NO3/c1-6(2)3-4-10-7(9)11-5-8/h6,8H,3-5H2,1-2H3. The van der Waals surface area contributed by atoms with Crippen molar-refractivity contribution in [2.45, 2.75) is 20.3 Å². The van der Waals surface area contributed by atoms with E-state index in [1.165, 1.54) is 0 Å². The lowest BCUT2D eigenvalue weighted by Crippen LogP contribution is -2.10. The molecule has 0 aliphatic rings. The predicted octanol–water partition coefficient (Wildman–Crippen LogP) is 1.43. The molecule has 0 heterocycles. The van der Waals surface area contributed by atoms with Gasteiger partial charge in [-0.05, 0) is 12.3 Å². The molecule has 0 aromatic heterocycles. The first-order valence-corrected chi connectivity index (χ1v) is 3.61. The minimum Gasteiger partial charge on any atom is -0.434 e. The van der Waals surface area contributed by atoms with Crippen LogP contribution in [-0.4, -0.2) is 19.5 Å². The van der Waals surface area contributed by atoms with E-state index in [1.54, 1.807) is 0 Å². The van der Waals surface area contributed by atoms with Gasteiger partial charge in [0.1, 0.15) is 0 Å². The molecule has 0 aromatic rings. The minimum absolute atomic E-state index is 0.372. The molecule has 65 valence electrons. The summed E-state index contributed by atoms with van der Waals surface area (Å²) in [6.07, 6.45) is 0.0771. The van der Waals surface area contributed by atoms with E-state index in [-0.39, 0.29) is 6.73 Å². The summed E-state index contributed by atoms with van der Waals surface area (Å²) in [4.78, 5) is 10.5. The second kappa shape index (κ2) is 5.97. The van der Waals surface area contributed by atoms with Gasteiger partial charge in [0.15, 0.2) is 6.73 Å². The zero-order chi connectivity index (χ0) is 8.69. The molecule has 4 nitrogen and oxygen atoms in total. The van der Waals surface area contributed by atoms with Gasteiger partial charge in [0, 0.05) is 0 Å². The predicted molar refractivity (Wildman–Crippen MR) is 39.9 cm³/mol. The highest BCUT2D eigenvalue weighted by atomic mass is 16.7. The zero-order valence-electron chi connectivity index (χ0n) is 6.92. The van der Waals surface area contributed by atoms with Crippen molar-refractivity contribution in [3.63, 3.8) is 0 Å². The quantitative estimate of drug-likeness (QED) is 0.584. The van der Waals surface area contributed by atoms with Crippen molar-refractivity contribution in [2.75, 3.05) is 13.3 Å². The summed E-state index contributed by atoms with van der Waals surface area (Å²) >= 11 is 0. The van der Waals surface area contributed by atoms with Gasteiger partial charge < -0.3 is 9.47 Å². The Kier molecular flexibility index (Phi) is 5.56. The van der Waals surface area contributed by atoms with Crippen molar-refractivity contribution >= 4 is 6.16 Å². The normalized spacial score (nSPS) is 9.82. The molecule has 0 aliphatic carbocycles. The molecule has 1 radical (unpaired) electrons. The van der Waals surface area contributed by atoms with Crippen LogP contribution in [0.2, 0.25) is 0 Å². The molecule has 0 unspecified atom stereocenters. The van der Waals surface area contributed by atoms with Crippen LogP contribution in [0.5, 0.6) is 0 Å². The molecule has 0 amide bonds. The average Bonchev–Trinajstić information content (AvgIpc) is 1.87. The number of nitrogens with one attached hydrogen (secondary N) is 1. The Morgan fingerprint density at radius 1 is 1.45 bits per heavy atom. The highest BCUT2D eigenvalue weighted by molar-refractivity contribution is 5.59. The number of carbonyl (C=O) groups is 1. The van der Waals surface area contributed by atoms with Crippen LogP contribution in [0.15, 0.2) is 0 Å². The molecule has 0 atom stereocenters. The topological polar surface area (TPSA) is 59.3 Å². The highest BCUT2D eigenvalue weighted by Gasteiger charge is 2.01. The highest BCUT2D eigenvalue weighted by Crippen LogP contribution is 1.99. The first kappa shape index (κ1) is 10.2. The van der Waals surface area contributed by atoms with Gasteiger partial charge in [-0.15, -0.1) is 0 Å². The lowest BCUT2D eigenvalue weighted by Gasteiger charge is -2.05. The van der Waals surface area contributed by atoms with E-state index in [1.807, 2.05) is 13.8 Å². The Morgan fingerprint density at radius 3 is 2.55 bits per heavy atom. The molecule has 0 fully saturated rings. The van der Waals surface area contributed by atoms with Crippen molar-refractivity contribution in [1.82, 2.24) is 5.73 Å². The van der Waals surface area contributed by atoms with Gasteiger partial charge in [-0.3, -0.25) is 0 Å². The Balaban J connectivity index is 3.17. The monoisotopic (exact) mass is 160 g/mol. The number of hydrogen-bond donors (Lipinski definition) is 0. The molecule has 0 bridgehead atoms. The zero-order valence-corrected chi connectivity index (χ0v) is 6.92. The van der Waals surface area contributed by atoms with Crippen LogP contribution in [-0.2, 0) is 9.47 Å². The van der Waals surface area contributed by atoms with Crippen molar-refractivity contribution < 1.29 is 14.3 Å². The third kappa shape index (κ3) is 7.12. The van der Waals surface area contributed by atoms with E-state index in [2.05, 4.69) is 9.47 Å². The van der Waals surface area contributed by atoms with Crippen LogP contribution in [0.3, 0.4) is 0 Å². The molecular formula is C7H14NO3. The second-order valence-corrected chi connectivity index (χ2v) is 2.57. The lowest BCUT2D eigenvalue weighted by atomic mass is 10.1. The van der Waals surface area contributed by atoms with Crippen LogP contribution >= 0.6 is 0 Å². The Bertz CT molecular complexity index is 114. The van der Waals surface area contributed by atoms with Gasteiger partial charge in [0.25, 0.3) is 0 Å². The molecule has 1 N–H and O–H groups in total. The van der Waals surface area contributed by atoms with E-state index in [9.17, 15) is 4.79 Å². The number of hydrogen-bond acceptors (Lipinski definition) is 3. The molecule has 0 spiro atoms. The van der Waals surface area contributed by atoms with Gasteiger partial charge in [-0.25, -0.2) is 10.5 Å². The summed E-state index contributed by atoms with van der Waals surface area (Å²) < 4.78 is 8.84. The summed E-state index contributed by atoms with van der Waals surface area (Å²) in [5.41, 5.74) is 6.53. The van der Waals surface area contributed by atoms with Crippen LogP contribution in [0.25, 0.3) is 0 Å². The summed E-state index contributed by atoms with van der Waals surface area (Å²) in [7, 11) is 0. The SMILES string of the molecule is CC(C)CCOC(=O)OC[NH]. The molecular weight excluding hydrogens is 146 g/mol. The van der Waals surface area contributed by atoms with Crippen molar-refractivity contribution in [2.24, 2.45) is 5.92 Å². The van der Waals surface area contributed by atoms with Gasteiger partial charge in [-0.1, -0.05) is 13.8 Å². The minimum atomic E-state index is -0.749. The second-order valence-electron chi connectivity index (χ2n) is 2.57. The van der Waals surface area contributed by atoms with Crippen LogP contribution < -0.4 is 5.73 Å². The molecule has 0 saturated heterocycles. The maximum atomic E-state index is 10.5. The van der Waals surface area contributed by atoms with Crippen molar-refractivity contribution in [1.29, 1.82) is 0 Å². The number of carbonyl (C=O) groups excluding carboxylic acids is 1. The third-order valence-corrected chi connectivity index (χ3v) is 1.11. The number of rotatable bonds is 4. The van der Waals surface area contributed by atoms with E-state index in [0.717, 1.165) is 6.42 Å². The molecule has 0 aromatic carbocycles. The maximum absolute atomic E-state index is 10.5. The van der Waals surface area contributed by atoms with Crippen LogP contribution in [0, 0.1) is 5.92 Å². The first-order chi connectivity index (χ1) is 5.16. The molecule has 0 aliphatic heterocycles. The van der Waals surface area contributed by atoms with Crippen LogP contribution in [0.1, 0.15) is 20.3 Å². The third-order valence-electron chi connectivity index (χ3n) is 1.11. The fourth-order valence-electron chi connectivity index (χ4n) is 0.479. The fraction of sp³-hybridized carbons (Fsp3) is 0.857. The molecule has 0 saturated carbocycles. The van der Waals surface area contributed by atoms with Crippen LogP contribution in [0.4, 0.5) is 4.79 Å². The van der Waals surface area contributed by atoms with E-state index in [4.69, 9.17) is 5.73 Å². The molecule has 11 heavy (non-hydrogen) atoms. The maximum Gasteiger partial charge on any atom is 0.509 e. The molecule has 0 rings (SSSR count). The van der Waals surface area contributed by atoms with E-state index < -0.39 is 6.16 Å². The van der Waals surface area contributed by atoms with Gasteiger partial charge in [0.05, 0.1) is 6.61 Å². The van der Waals surface area contributed by atoms with E-state index in [0.29, 0.717) is 12.5 Å². The summed E-state index contributed by atoms with van der Waals surface area (Å²) in [6, 6.07) is 0. The summed E-state index contributed by atoms with van der Waals surface area (Å²) in [5, 5.41) is 0. The lowest BCUT2D eigenvalue weighted by molar-refractivity contribution is 0.0530. The largest absolute Gasteiger partial charge is 0.509 e. The average molecular weight is 160 g/mol. The number of ether oxygens (including phenoxy) is 2. The van der Waals surface area contributed by atoms with Gasteiger partial charge in [0.2, 0.25) is 0 Å². The Morgan fingerprint density at radius 2 is 2.09 bits per heavy atom. The van der Waals surface area contributed by atoms with E-state index >= 15 is 0 Å².